The number of rotatable bonds is 1. The van der Waals surface area contributed by atoms with Crippen molar-refractivity contribution in [2.24, 2.45) is 5.90 Å². The number of aliphatic hydroxyl groups excluding tert-OH is 1. The topological polar surface area (TPSA) is 159 Å². The van der Waals surface area contributed by atoms with E-state index in [1.165, 1.54) is 6.92 Å². The molecule has 8 heteroatoms. The van der Waals surface area contributed by atoms with Crippen molar-refractivity contribution in [3.8, 4) is 0 Å². The normalized spacial score (nSPS) is 8.36. The minimum atomic E-state index is -1.23. The third kappa shape index (κ3) is 40.1. The Labute approximate surface area is 76.3 Å². The predicted molar refractivity (Wildman–Crippen MR) is 32.5 cm³/mol. The van der Waals surface area contributed by atoms with Crippen molar-refractivity contribution < 1.29 is 44.7 Å². The van der Waals surface area contributed by atoms with Gasteiger partial charge in [0, 0.05) is 0 Å². The first-order valence-electron chi connectivity index (χ1n) is 2.03. The van der Waals surface area contributed by atoms with Gasteiger partial charge in [-0.2, -0.15) is 0 Å². The van der Waals surface area contributed by atoms with Crippen LogP contribution in [0, 0.1) is 0 Å². The molecule has 0 rings (SSSR count). The number of hydrogen-bond acceptors (Lipinski definition) is 6. The molecule has 0 aliphatic carbocycles. The van der Waals surface area contributed by atoms with Gasteiger partial charge in [-0.05, 0) is 6.92 Å². The third-order valence-corrected chi connectivity index (χ3v) is 0.357. The van der Waals surface area contributed by atoms with Crippen LogP contribution in [0.5, 0.6) is 0 Å². The van der Waals surface area contributed by atoms with Crippen LogP contribution in [-0.2, 0) is 25.6 Å². The molecule has 0 aromatic heterocycles. The van der Waals surface area contributed by atoms with Gasteiger partial charge >= 0.3 is 30.5 Å². The van der Waals surface area contributed by atoms with Crippen molar-refractivity contribution in [1.29, 1.82) is 0 Å². The standard InChI is InChI=1S/C3H6O3.H3NO.H3N.H2O.Ti/c1-2(4)3(5)6;1-2;;;/h2,4H,1H3,(H,5,6);2H,1H2;1H3;1H2;/q;;;;+1/p-1. The van der Waals surface area contributed by atoms with E-state index in [4.69, 9.17) is 19.1 Å². The Morgan fingerprint density at radius 2 is 1.55 bits per heavy atom. The number of carboxylic acid groups (broad SMARTS) is 1. The summed E-state index contributed by atoms with van der Waals surface area (Å²) in [6, 6.07) is 0. The first kappa shape index (κ1) is 22.4. The van der Waals surface area contributed by atoms with Gasteiger partial charge in [0.25, 0.3) is 0 Å². The SMILES string of the molecule is CC(O)C(=O)O.N.NO.[OH][Ti]. The van der Waals surface area contributed by atoms with Crippen LogP contribution >= 0.6 is 0 Å². The summed E-state index contributed by atoms with van der Waals surface area (Å²) in [5.74, 6) is 2.31. The molecule has 0 radical (unpaired) electrons. The van der Waals surface area contributed by atoms with Gasteiger partial charge in [-0.1, -0.05) is 0 Å². The van der Waals surface area contributed by atoms with Crippen LogP contribution in [0.15, 0.2) is 0 Å². The molecule has 0 heterocycles. The molecular formula is C3H13N2O5Ti. The fourth-order valence-electron chi connectivity index (χ4n) is 0. The van der Waals surface area contributed by atoms with E-state index in [-0.39, 0.29) is 6.15 Å². The Balaban J connectivity index is -0.0000000428. The molecule has 0 aliphatic rings. The second-order valence-corrected chi connectivity index (χ2v) is 1.01. The molecule has 7 nitrogen and oxygen atoms in total. The average molecular weight is 205 g/mol. The average Bonchev–Trinajstić information content (AvgIpc) is 1.96. The molecule has 0 aromatic carbocycles. The van der Waals surface area contributed by atoms with E-state index in [9.17, 15) is 4.79 Å². The summed E-state index contributed by atoms with van der Waals surface area (Å²) in [7, 11) is 0. The first-order valence-corrected chi connectivity index (χ1v) is 2.73. The van der Waals surface area contributed by atoms with E-state index >= 15 is 0 Å². The molecule has 0 bridgehead atoms. The van der Waals surface area contributed by atoms with E-state index in [1.807, 2.05) is 0 Å². The van der Waals surface area contributed by atoms with Gasteiger partial charge in [-0.3, -0.25) is 0 Å². The molecule has 0 amide bonds. The van der Waals surface area contributed by atoms with Crippen LogP contribution in [0.3, 0.4) is 0 Å². The van der Waals surface area contributed by atoms with Gasteiger partial charge in [0.15, 0.2) is 0 Å². The van der Waals surface area contributed by atoms with Crippen molar-refractivity contribution >= 4 is 5.97 Å². The van der Waals surface area contributed by atoms with Crippen molar-refractivity contribution in [2.45, 2.75) is 13.0 Å². The van der Waals surface area contributed by atoms with Crippen LogP contribution in [0.2, 0.25) is 0 Å². The molecule has 0 saturated heterocycles. The fraction of sp³-hybridized carbons (Fsp3) is 0.667. The molecule has 1 atom stereocenters. The van der Waals surface area contributed by atoms with Crippen molar-refractivity contribution in [2.75, 3.05) is 0 Å². The summed E-state index contributed by atoms with van der Waals surface area (Å²) in [6.07, 6.45) is -1.23. The Hall–Kier alpha value is -0.0157. The quantitative estimate of drug-likeness (QED) is 0.221. The van der Waals surface area contributed by atoms with Crippen LogP contribution in [0.4, 0.5) is 0 Å². The van der Waals surface area contributed by atoms with Crippen LogP contribution in [0.25, 0.3) is 0 Å². The third-order valence-electron chi connectivity index (χ3n) is 0.357. The van der Waals surface area contributed by atoms with E-state index in [1.54, 1.807) is 0 Å². The van der Waals surface area contributed by atoms with Crippen molar-refractivity contribution in [1.82, 2.24) is 6.15 Å². The van der Waals surface area contributed by atoms with Gasteiger partial charge < -0.3 is 21.6 Å². The van der Waals surface area contributed by atoms with Gasteiger partial charge in [-0.15, -0.1) is 0 Å². The van der Waals surface area contributed by atoms with Crippen LogP contribution in [0.1, 0.15) is 6.92 Å². The summed E-state index contributed by atoms with van der Waals surface area (Å²) in [5, 5.41) is 22.3. The van der Waals surface area contributed by atoms with E-state index < -0.39 is 12.1 Å². The van der Waals surface area contributed by atoms with E-state index in [0.717, 1.165) is 20.8 Å². The summed E-state index contributed by atoms with van der Waals surface area (Å²) in [6.45, 7) is 1.20. The predicted octanol–water partition coefficient (Wildman–Crippen LogP) is -1.61. The summed E-state index contributed by atoms with van der Waals surface area (Å²) >= 11 is 1.00. The monoisotopic (exact) mass is 205 g/mol. The molecule has 0 fully saturated rings. The molecule has 0 aliphatic heterocycles. The molecule has 0 saturated carbocycles. The number of aliphatic carboxylic acids is 1. The molecular weight excluding hydrogens is 192 g/mol. The minimum absolute atomic E-state index is 0. The molecule has 0 aromatic rings. The summed E-state index contributed by atoms with van der Waals surface area (Å²) in [4.78, 5) is 9.45. The van der Waals surface area contributed by atoms with Crippen molar-refractivity contribution in [3.05, 3.63) is 0 Å². The second-order valence-electron chi connectivity index (χ2n) is 1.01. The molecule has 9 N–H and O–H groups in total. The van der Waals surface area contributed by atoms with Gasteiger partial charge in [0.1, 0.15) is 6.10 Å². The Bertz CT molecular complexity index is 70.7. The number of hydrogen-bond donors (Lipinski definition) is 6. The van der Waals surface area contributed by atoms with Gasteiger partial charge in [0.2, 0.25) is 0 Å². The van der Waals surface area contributed by atoms with Crippen LogP contribution in [-0.4, -0.2) is 31.2 Å². The number of aliphatic hydroxyl groups is 1. The number of carboxylic acids is 1. The zero-order valence-corrected chi connectivity index (χ0v) is 7.62. The van der Waals surface area contributed by atoms with E-state index in [0.29, 0.717) is 0 Å². The molecule has 1 unspecified atom stereocenters. The molecule has 0 spiro atoms. The Morgan fingerprint density at radius 3 is 1.55 bits per heavy atom. The van der Waals surface area contributed by atoms with Gasteiger partial charge in [-0.25, -0.2) is 10.7 Å². The Morgan fingerprint density at radius 1 is 1.45 bits per heavy atom. The van der Waals surface area contributed by atoms with Crippen molar-refractivity contribution in [3.63, 3.8) is 0 Å². The van der Waals surface area contributed by atoms with E-state index in [2.05, 4.69) is 5.90 Å². The Kier molecular flexibility index (Phi) is 45.9. The number of nitrogens with two attached hydrogens (primary N) is 1. The molecule has 69 valence electrons. The fourth-order valence-corrected chi connectivity index (χ4v) is 0. The second kappa shape index (κ2) is 22.5. The van der Waals surface area contributed by atoms with Crippen LogP contribution < -0.4 is 12.0 Å². The maximum atomic E-state index is 9.45. The number of carbonyl (C=O) groups is 1. The molecule has 11 heavy (non-hydrogen) atoms. The zero-order chi connectivity index (χ0) is 9.15. The first-order chi connectivity index (χ1) is 4.64. The summed E-state index contributed by atoms with van der Waals surface area (Å²) < 4.78 is 7.00. The zero-order valence-electron chi connectivity index (χ0n) is 6.06. The summed E-state index contributed by atoms with van der Waals surface area (Å²) in [5.41, 5.74) is 0. The maximum absolute atomic E-state index is 9.45. The van der Waals surface area contributed by atoms with Gasteiger partial charge in [0.05, 0.1) is 0 Å².